The largest absolute Gasteiger partial charge is 0.361 e. The maximum Gasteiger partial charge on any atom is 0.270 e. The van der Waals surface area contributed by atoms with Gasteiger partial charge in [0.1, 0.15) is 11.5 Å². The summed E-state index contributed by atoms with van der Waals surface area (Å²) in [4.78, 5) is 17.7. The topological polar surface area (TPSA) is 41.0 Å². The molecule has 24 heavy (non-hydrogen) atoms. The third-order valence-electron chi connectivity index (χ3n) is 5.06. The summed E-state index contributed by atoms with van der Waals surface area (Å²) in [5, 5.41) is 1.09. The molecular weight excluding hydrogens is 305 g/mol. The van der Waals surface area contributed by atoms with Crippen molar-refractivity contribution in [3.63, 3.8) is 0 Å². The number of piperidine rings is 1. The first kappa shape index (κ1) is 15.0. The molecule has 3 heterocycles. The van der Waals surface area contributed by atoms with Crippen LogP contribution in [0.3, 0.4) is 0 Å². The maximum atomic E-state index is 13.3. The van der Waals surface area contributed by atoms with E-state index in [9.17, 15) is 9.18 Å². The predicted octanol–water partition coefficient (Wildman–Crippen LogP) is 3.67. The van der Waals surface area contributed by atoms with E-state index in [4.69, 9.17) is 0 Å². The fourth-order valence-corrected chi connectivity index (χ4v) is 3.70. The highest BCUT2D eigenvalue weighted by atomic mass is 19.1. The molecule has 1 fully saturated rings. The SMILES string of the molecule is Cn1cccc1C(=O)N1CCC(c2c[nH]c3cc(F)ccc23)CC1. The summed E-state index contributed by atoms with van der Waals surface area (Å²) in [6, 6.07) is 8.65. The molecule has 0 spiro atoms. The van der Waals surface area contributed by atoms with Gasteiger partial charge < -0.3 is 14.5 Å². The zero-order valence-electron chi connectivity index (χ0n) is 13.6. The normalized spacial score (nSPS) is 16.0. The van der Waals surface area contributed by atoms with Crippen molar-refractivity contribution in [2.45, 2.75) is 18.8 Å². The van der Waals surface area contributed by atoms with Crippen LogP contribution in [0.15, 0.2) is 42.7 Å². The highest BCUT2D eigenvalue weighted by molar-refractivity contribution is 5.93. The van der Waals surface area contributed by atoms with E-state index in [1.54, 1.807) is 0 Å². The van der Waals surface area contributed by atoms with Gasteiger partial charge >= 0.3 is 0 Å². The van der Waals surface area contributed by atoms with Gasteiger partial charge in [0.05, 0.1) is 0 Å². The second-order valence-electron chi connectivity index (χ2n) is 6.50. The van der Waals surface area contributed by atoms with Gasteiger partial charge in [0.25, 0.3) is 5.91 Å². The van der Waals surface area contributed by atoms with Crippen LogP contribution >= 0.6 is 0 Å². The second kappa shape index (κ2) is 5.82. The maximum absolute atomic E-state index is 13.3. The number of carbonyl (C=O) groups excluding carboxylic acids is 1. The van der Waals surface area contributed by atoms with E-state index in [0.29, 0.717) is 5.92 Å². The van der Waals surface area contributed by atoms with Crippen LogP contribution in [0.25, 0.3) is 10.9 Å². The van der Waals surface area contributed by atoms with Crippen LogP contribution in [0, 0.1) is 5.82 Å². The molecule has 2 aromatic heterocycles. The minimum Gasteiger partial charge on any atom is -0.361 e. The van der Waals surface area contributed by atoms with Crippen molar-refractivity contribution in [1.29, 1.82) is 0 Å². The van der Waals surface area contributed by atoms with Crippen LogP contribution < -0.4 is 0 Å². The molecule has 1 N–H and O–H groups in total. The first-order chi connectivity index (χ1) is 11.6. The van der Waals surface area contributed by atoms with Crippen LogP contribution in [0.4, 0.5) is 4.39 Å². The fraction of sp³-hybridized carbons (Fsp3) is 0.316. The van der Waals surface area contributed by atoms with E-state index in [0.717, 1.165) is 42.5 Å². The van der Waals surface area contributed by atoms with Crippen molar-refractivity contribution in [3.05, 3.63) is 59.8 Å². The Bertz CT molecular complexity index is 887. The zero-order chi connectivity index (χ0) is 16.7. The Morgan fingerprint density at radius 3 is 2.75 bits per heavy atom. The lowest BCUT2D eigenvalue weighted by Gasteiger charge is -2.32. The summed E-state index contributed by atoms with van der Waals surface area (Å²) in [5.74, 6) is 0.280. The van der Waals surface area contributed by atoms with Gasteiger partial charge in [0.2, 0.25) is 0 Å². The number of hydrogen-bond donors (Lipinski definition) is 1. The Labute approximate surface area is 139 Å². The van der Waals surface area contributed by atoms with Gasteiger partial charge in [0, 0.05) is 43.4 Å². The van der Waals surface area contributed by atoms with Gasteiger partial charge in [-0.05, 0) is 54.7 Å². The van der Waals surface area contributed by atoms with E-state index < -0.39 is 0 Å². The van der Waals surface area contributed by atoms with E-state index >= 15 is 0 Å². The van der Waals surface area contributed by atoms with Gasteiger partial charge in [-0.1, -0.05) is 0 Å². The molecule has 0 atom stereocenters. The fourth-order valence-electron chi connectivity index (χ4n) is 3.70. The quantitative estimate of drug-likeness (QED) is 0.767. The van der Waals surface area contributed by atoms with Crippen molar-refractivity contribution in [2.75, 3.05) is 13.1 Å². The van der Waals surface area contributed by atoms with Gasteiger partial charge in [-0.2, -0.15) is 0 Å². The molecule has 0 unspecified atom stereocenters. The number of rotatable bonds is 2. The summed E-state index contributed by atoms with van der Waals surface area (Å²) in [6.07, 6.45) is 5.75. The highest BCUT2D eigenvalue weighted by Gasteiger charge is 2.26. The van der Waals surface area contributed by atoms with Crippen molar-refractivity contribution in [1.82, 2.24) is 14.5 Å². The second-order valence-corrected chi connectivity index (χ2v) is 6.50. The van der Waals surface area contributed by atoms with Gasteiger partial charge in [-0.3, -0.25) is 4.79 Å². The lowest BCUT2D eigenvalue weighted by molar-refractivity contribution is 0.0703. The molecule has 124 valence electrons. The number of amides is 1. The molecule has 4 rings (SSSR count). The molecule has 5 heteroatoms. The molecule has 1 aliphatic rings. The minimum absolute atomic E-state index is 0.0990. The molecule has 0 radical (unpaired) electrons. The highest BCUT2D eigenvalue weighted by Crippen LogP contribution is 2.33. The first-order valence-electron chi connectivity index (χ1n) is 8.30. The van der Waals surface area contributed by atoms with Crippen molar-refractivity contribution < 1.29 is 9.18 Å². The summed E-state index contributed by atoms with van der Waals surface area (Å²) >= 11 is 0. The number of aryl methyl sites for hydroxylation is 1. The number of benzene rings is 1. The molecule has 1 saturated heterocycles. The third-order valence-corrected chi connectivity index (χ3v) is 5.06. The third kappa shape index (κ3) is 2.50. The molecule has 1 aromatic carbocycles. The number of halogens is 1. The number of H-pyrrole nitrogens is 1. The Balaban J connectivity index is 1.49. The predicted molar refractivity (Wildman–Crippen MR) is 91.5 cm³/mol. The lowest BCUT2D eigenvalue weighted by Crippen LogP contribution is -2.38. The number of hydrogen-bond acceptors (Lipinski definition) is 1. The molecule has 0 aliphatic carbocycles. The number of likely N-dealkylation sites (tertiary alicyclic amines) is 1. The van der Waals surface area contributed by atoms with E-state index in [-0.39, 0.29) is 11.7 Å². The van der Waals surface area contributed by atoms with Gasteiger partial charge in [-0.25, -0.2) is 4.39 Å². The first-order valence-corrected chi connectivity index (χ1v) is 8.30. The monoisotopic (exact) mass is 325 g/mol. The van der Waals surface area contributed by atoms with E-state index in [1.165, 1.54) is 17.7 Å². The summed E-state index contributed by atoms with van der Waals surface area (Å²) in [7, 11) is 1.89. The number of carbonyl (C=O) groups is 1. The summed E-state index contributed by atoms with van der Waals surface area (Å²) in [5.41, 5.74) is 2.80. The zero-order valence-corrected chi connectivity index (χ0v) is 13.6. The number of aromatic amines is 1. The van der Waals surface area contributed by atoms with Crippen molar-refractivity contribution in [2.24, 2.45) is 7.05 Å². The Kier molecular flexibility index (Phi) is 3.63. The van der Waals surface area contributed by atoms with E-state index in [2.05, 4.69) is 4.98 Å². The van der Waals surface area contributed by atoms with Gasteiger partial charge in [0.15, 0.2) is 0 Å². The molecule has 1 aliphatic heterocycles. The van der Waals surface area contributed by atoms with Crippen LogP contribution in [0.1, 0.15) is 34.8 Å². The molecule has 0 bridgehead atoms. The summed E-state index contributed by atoms with van der Waals surface area (Å²) < 4.78 is 15.2. The van der Waals surface area contributed by atoms with Crippen LogP contribution in [-0.4, -0.2) is 33.4 Å². The standard InChI is InChI=1S/C19H20FN3O/c1-22-8-2-3-18(22)19(24)23-9-6-13(7-10-23)16-12-21-17-11-14(20)4-5-15(16)17/h2-5,8,11-13,21H,6-7,9-10H2,1H3. The Morgan fingerprint density at radius 1 is 1.25 bits per heavy atom. The molecular formula is C19H20FN3O. The van der Waals surface area contributed by atoms with Gasteiger partial charge in [-0.15, -0.1) is 0 Å². The molecule has 0 saturated carbocycles. The smallest absolute Gasteiger partial charge is 0.270 e. The van der Waals surface area contributed by atoms with E-state index in [1.807, 2.05) is 47.1 Å². The average Bonchev–Trinajstić information content (AvgIpc) is 3.20. The molecule has 4 nitrogen and oxygen atoms in total. The van der Waals surface area contributed by atoms with Crippen LogP contribution in [-0.2, 0) is 7.05 Å². The molecule has 1 amide bonds. The number of fused-ring (bicyclic) bond motifs is 1. The van der Waals surface area contributed by atoms with Crippen LogP contribution in [0.2, 0.25) is 0 Å². The Hall–Kier alpha value is -2.56. The summed E-state index contributed by atoms with van der Waals surface area (Å²) in [6.45, 7) is 1.51. The average molecular weight is 325 g/mol. The minimum atomic E-state index is -0.223. The lowest BCUT2D eigenvalue weighted by atomic mass is 9.89. The number of aromatic nitrogens is 2. The number of nitrogens with one attached hydrogen (secondary N) is 1. The van der Waals surface area contributed by atoms with Crippen molar-refractivity contribution >= 4 is 16.8 Å². The van der Waals surface area contributed by atoms with Crippen LogP contribution in [0.5, 0.6) is 0 Å². The van der Waals surface area contributed by atoms with Crippen molar-refractivity contribution in [3.8, 4) is 0 Å². The Morgan fingerprint density at radius 2 is 2.04 bits per heavy atom. The molecule has 3 aromatic rings. The number of nitrogens with zero attached hydrogens (tertiary/aromatic N) is 2.